The number of rotatable bonds is 2. The van der Waals surface area contributed by atoms with Gasteiger partial charge in [-0.2, -0.15) is 0 Å². The Morgan fingerprint density at radius 2 is 1.74 bits per heavy atom. The van der Waals surface area contributed by atoms with Gasteiger partial charge < -0.3 is 9.64 Å². The van der Waals surface area contributed by atoms with Gasteiger partial charge in [0.2, 0.25) is 0 Å². The Morgan fingerprint density at radius 1 is 1.16 bits per heavy atom. The van der Waals surface area contributed by atoms with Crippen LogP contribution in [0.2, 0.25) is 0 Å². The highest BCUT2D eigenvalue weighted by atomic mass is 16.6. The quantitative estimate of drug-likeness (QED) is 0.772. The number of piperazine rings is 1. The normalized spacial score (nSPS) is 28.9. The SMILES string of the molecule is CCC1CC(N2CCN(C(=O)OC(C)(C)C)CC2)C1. The molecular weight excluding hydrogens is 240 g/mol. The zero-order valence-corrected chi connectivity index (χ0v) is 12.8. The van der Waals surface area contributed by atoms with Crippen molar-refractivity contribution in [3.63, 3.8) is 0 Å². The van der Waals surface area contributed by atoms with Crippen LogP contribution < -0.4 is 0 Å². The highest BCUT2D eigenvalue weighted by molar-refractivity contribution is 5.68. The molecule has 19 heavy (non-hydrogen) atoms. The summed E-state index contributed by atoms with van der Waals surface area (Å²) in [5.41, 5.74) is -0.392. The van der Waals surface area contributed by atoms with E-state index in [9.17, 15) is 4.79 Å². The van der Waals surface area contributed by atoms with Gasteiger partial charge in [0, 0.05) is 32.2 Å². The number of hydrogen-bond acceptors (Lipinski definition) is 3. The fourth-order valence-electron chi connectivity index (χ4n) is 2.93. The zero-order valence-electron chi connectivity index (χ0n) is 12.8. The van der Waals surface area contributed by atoms with Gasteiger partial charge in [-0.15, -0.1) is 0 Å². The van der Waals surface area contributed by atoms with Crippen LogP contribution in [0, 0.1) is 5.92 Å². The summed E-state index contributed by atoms with van der Waals surface area (Å²) in [5.74, 6) is 0.939. The minimum Gasteiger partial charge on any atom is -0.444 e. The third-order valence-corrected chi connectivity index (χ3v) is 4.27. The molecule has 0 unspecified atom stereocenters. The van der Waals surface area contributed by atoms with Gasteiger partial charge in [0.25, 0.3) is 0 Å². The van der Waals surface area contributed by atoms with Gasteiger partial charge in [-0.25, -0.2) is 4.79 Å². The lowest BCUT2D eigenvalue weighted by Crippen LogP contribution is -2.55. The van der Waals surface area contributed by atoms with Gasteiger partial charge in [0.1, 0.15) is 5.60 Å². The first-order valence-electron chi connectivity index (χ1n) is 7.61. The van der Waals surface area contributed by atoms with E-state index < -0.39 is 5.60 Å². The van der Waals surface area contributed by atoms with Crippen LogP contribution in [0.25, 0.3) is 0 Å². The highest BCUT2D eigenvalue weighted by Gasteiger charge is 2.35. The zero-order chi connectivity index (χ0) is 14.0. The predicted molar refractivity (Wildman–Crippen MR) is 76.2 cm³/mol. The molecule has 0 aromatic carbocycles. The molecule has 0 aromatic rings. The number of carbonyl (C=O) groups excluding carboxylic acids is 1. The van der Waals surface area contributed by atoms with Crippen LogP contribution in [0.15, 0.2) is 0 Å². The van der Waals surface area contributed by atoms with Gasteiger partial charge in [-0.05, 0) is 39.5 Å². The average Bonchev–Trinajstić information content (AvgIpc) is 2.26. The molecule has 0 spiro atoms. The number of amides is 1. The lowest BCUT2D eigenvalue weighted by molar-refractivity contribution is -0.00203. The van der Waals surface area contributed by atoms with Crippen molar-refractivity contribution >= 4 is 6.09 Å². The van der Waals surface area contributed by atoms with E-state index >= 15 is 0 Å². The predicted octanol–water partition coefficient (Wildman–Crippen LogP) is 2.73. The molecule has 2 fully saturated rings. The molecule has 1 heterocycles. The van der Waals surface area contributed by atoms with E-state index in [1.54, 1.807) is 0 Å². The molecule has 1 amide bonds. The van der Waals surface area contributed by atoms with E-state index in [4.69, 9.17) is 4.74 Å². The maximum Gasteiger partial charge on any atom is 0.410 e. The minimum absolute atomic E-state index is 0.160. The Hall–Kier alpha value is -0.770. The molecular formula is C15H28N2O2. The second-order valence-corrected chi connectivity index (χ2v) is 6.90. The van der Waals surface area contributed by atoms with Crippen molar-refractivity contribution in [1.29, 1.82) is 0 Å². The van der Waals surface area contributed by atoms with Gasteiger partial charge in [0.05, 0.1) is 0 Å². The van der Waals surface area contributed by atoms with Crippen molar-refractivity contribution in [2.24, 2.45) is 5.92 Å². The van der Waals surface area contributed by atoms with E-state index in [2.05, 4.69) is 11.8 Å². The summed E-state index contributed by atoms with van der Waals surface area (Å²) >= 11 is 0. The second-order valence-electron chi connectivity index (χ2n) is 6.90. The van der Waals surface area contributed by atoms with Gasteiger partial charge in [0.15, 0.2) is 0 Å². The summed E-state index contributed by atoms with van der Waals surface area (Å²) in [4.78, 5) is 16.4. The van der Waals surface area contributed by atoms with E-state index in [1.807, 2.05) is 25.7 Å². The Labute approximate surface area is 117 Å². The minimum atomic E-state index is -0.392. The van der Waals surface area contributed by atoms with E-state index in [0.717, 1.165) is 38.1 Å². The van der Waals surface area contributed by atoms with Gasteiger partial charge >= 0.3 is 6.09 Å². The first-order chi connectivity index (χ1) is 8.89. The molecule has 0 atom stereocenters. The van der Waals surface area contributed by atoms with Crippen LogP contribution in [0.3, 0.4) is 0 Å². The molecule has 2 rings (SSSR count). The average molecular weight is 268 g/mol. The third kappa shape index (κ3) is 3.85. The van der Waals surface area contributed by atoms with Crippen LogP contribution >= 0.6 is 0 Å². The van der Waals surface area contributed by atoms with Crippen molar-refractivity contribution in [3.05, 3.63) is 0 Å². The molecule has 1 aliphatic carbocycles. The molecule has 110 valence electrons. The summed E-state index contributed by atoms with van der Waals surface area (Å²) in [6, 6.07) is 0.769. The summed E-state index contributed by atoms with van der Waals surface area (Å²) in [7, 11) is 0. The molecule has 0 aromatic heterocycles. The summed E-state index contributed by atoms with van der Waals surface area (Å²) < 4.78 is 5.42. The van der Waals surface area contributed by atoms with E-state index in [-0.39, 0.29) is 6.09 Å². The van der Waals surface area contributed by atoms with E-state index in [1.165, 1.54) is 19.3 Å². The molecule has 1 aliphatic heterocycles. The lowest BCUT2D eigenvalue weighted by Gasteiger charge is -2.46. The monoisotopic (exact) mass is 268 g/mol. The maximum absolute atomic E-state index is 12.0. The fraction of sp³-hybridized carbons (Fsp3) is 0.933. The highest BCUT2D eigenvalue weighted by Crippen LogP contribution is 2.34. The van der Waals surface area contributed by atoms with Crippen LogP contribution in [0.1, 0.15) is 47.0 Å². The molecule has 1 saturated heterocycles. The molecule has 4 nitrogen and oxygen atoms in total. The number of ether oxygens (including phenoxy) is 1. The second kappa shape index (κ2) is 5.70. The smallest absolute Gasteiger partial charge is 0.410 e. The van der Waals surface area contributed by atoms with Crippen molar-refractivity contribution in [2.75, 3.05) is 26.2 Å². The molecule has 4 heteroatoms. The Bertz CT molecular complexity index is 311. The van der Waals surface area contributed by atoms with Crippen molar-refractivity contribution < 1.29 is 9.53 Å². The van der Waals surface area contributed by atoms with Crippen molar-refractivity contribution in [1.82, 2.24) is 9.80 Å². The number of nitrogens with zero attached hydrogens (tertiary/aromatic N) is 2. The largest absolute Gasteiger partial charge is 0.444 e. The fourth-order valence-corrected chi connectivity index (χ4v) is 2.93. The topological polar surface area (TPSA) is 32.8 Å². The van der Waals surface area contributed by atoms with Gasteiger partial charge in [-0.3, -0.25) is 4.90 Å². The summed E-state index contributed by atoms with van der Waals surface area (Å²) in [5, 5.41) is 0. The van der Waals surface area contributed by atoms with Crippen LogP contribution in [-0.2, 0) is 4.74 Å². The first-order valence-corrected chi connectivity index (χ1v) is 7.61. The molecule has 2 aliphatic rings. The maximum atomic E-state index is 12.0. The van der Waals surface area contributed by atoms with Crippen molar-refractivity contribution in [2.45, 2.75) is 58.6 Å². The molecule has 1 saturated carbocycles. The van der Waals surface area contributed by atoms with E-state index in [0.29, 0.717) is 0 Å². The molecule has 0 bridgehead atoms. The standard InChI is InChI=1S/C15H28N2O2/c1-5-12-10-13(11-12)16-6-8-17(9-7-16)14(18)19-15(2,3)4/h12-13H,5-11H2,1-4H3. The van der Waals surface area contributed by atoms with Crippen molar-refractivity contribution in [3.8, 4) is 0 Å². The Morgan fingerprint density at radius 3 is 2.21 bits per heavy atom. The molecule has 0 radical (unpaired) electrons. The summed E-state index contributed by atoms with van der Waals surface area (Å²) in [6.07, 6.45) is 3.85. The Balaban J connectivity index is 1.72. The van der Waals surface area contributed by atoms with Gasteiger partial charge in [-0.1, -0.05) is 13.3 Å². The Kier molecular flexibility index (Phi) is 4.39. The number of carbonyl (C=O) groups is 1. The summed E-state index contributed by atoms with van der Waals surface area (Å²) in [6.45, 7) is 11.6. The van der Waals surface area contributed by atoms with Crippen LogP contribution in [0.4, 0.5) is 4.79 Å². The van der Waals surface area contributed by atoms with Crippen LogP contribution in [-0.4, -0.2) is 53.7 Å². The lowest BCUT2D eigenvalue weighted by atomic mass is 9.77. The number of hydrogen-bond donors (Lipinski definition) is 0. The molecule has 0 N–H and O–H groups in total. The first kappa shape index (κ1) is 14.6. The third-order valence-electron chi connectivity index (χ3n) is 4.27. The van der Waals surface area contributed by atoms with Crippen LogP contribution in [0.5, 0.6) is 0 Å².